The van der Waals surface area contributed by atoms with Crippen molar-refractivity contribution in [3.63, 3.8) is 0 Å². The zero-order valence-corrected chi connectivity index (χ0v) is 20.2. The van der Waals surface area contributed by atoms with E-state index in [1.54, 1.807) is 36.0 Å². The molecule has 2 aromatic rings. The number of nitrogens with zero attached hydrogens (tertiary/aromatic N) is 3. The molecule has 174 valence electrons. The Hall–Kier alpha value is -2.84. The van der Waals surface area contributed by atoms with Crippen LogP contribution in [0.1, 0.15) is 32.7 Å². The van der Waals surface area contributed by atoms with Gasteiger partial charge in [0.2, 0.25) is 5.91 Å². The summed E-state index contributed by atoms with van der Waals surface area (Å²) in [5, 5.41) is 2.98. The number of fused-ring (bicyclic) bond motifs is 1. The highest BCUT2D eigenvalue weighted by atomic mass is 32.2. The molecule has 0 spiro atoms. The molecule has 33 heavy (non-hydrogen) atoms. The molecule has 0 aromatic heterocycles. The van der Waals surface area contributed by atoms with Crippen LogP contribution >= 0.6 is 11.8 Å². The molecule has 0 aliphatic carbocycles. The Balaban J connectivity index is 1.52. The summed E-state index contributed by atoms with van der Waals surface area (Å²) >= 11 is 1.58. The summed E-state index contributed by atoms with van der Waals surface area (Å²) in [6.07, 6.45) is 2.34. The van der Waals surface area contributed by atoms with E-state index in [9.17, 15) is 14.4 Å². The van der Waals surface area contributed by atoms with Crippen LogP contribution in [0.25, 0.3) is 0 Å². The summed E-state index contributed by atoms with van der Waals surface area (Å²) in [6.45, 7) is 5.95. The van der Waals surface area contributed by atoms with Crippen molar-refractivity contribution in [2.45, 2.75) is 19.4 Å². The van der Waals surface area contributed by atoms with Crippen molar-refractivity contribution in [2.24, 2.45) is 0 Å². The number of nitrogens with one attached hydrogen (secondary N) is 1. The Labute approximate surface area is 199 Å². The molecule has 1 N–H and O–H groups in total. The number of thioether (sulfide) groups is 1. The average Bonchev–Trinajstić information content (AvgIpc) is 3.06. The molecule has 4 rings (SSSR count). The Bertz CT molecular complexity index is 1030. The molecule has 1 fully saturated rings. The van der Waals surface area contributed by atoms with Crippen molar-refractivity contribution < 1.29 is 14.4 Å². The van der Waals surface area contributed by atoms with Crippen molar-refractivity contribution in [1.29, 1.82) is 0 Å². The highest BCUT2D eigenvalue weighted by molar-refractivity contribution is 7.98. The van der Waals surface area contributed by atoms with Gasteiger partial charge in [-0.15, -0.1) is 0 Å². The molecule has 1 unspecified atom stereocenters. The van der Waals surface area contributed by atoms with Crippen LogP contribution in [-0.4, -0.2) is 78.8 Å². The fraction of sp³-hybridized carbons (Fsp3) is 0.400. The molecular formula is C25H30N4O3S. The lowest BCUT2D eigenvalue weighted by atomic mass is 10.1. The second-order valence-corrected chi connectivity index (χ2v) is 9.59. The van der Waals surface area contributed by atoms with Gasteiger partial charge in [0, 0.05) is 37.6 Å². The number of anilines is 2. The van der Waals surface area contributed by atoms with Gasteiger partial charge in [0.05, 0.1) is 11.1 Å². The lowest BCUT2D eigenvalue weighted by Gasteiger charge is -2.34. The van der Waals surface area contributed by atoms with E-state index in [2.05, 4.69) is 28.2 Å². The van der Waals surface area contributed by atoms with Crippen LogP contribution in [0.4, 0.5) is 11.4 Å². The van der Waals surface area contributed by atoms with E-state index < -0.39 is 17.9 Å². The van der Waals surface area contributed by atoms with E-state index in [1.807, 2.05) is 25.3 Å². The summed E-state index contributed by atoms with van der Waals surface area (Å²) in [4.78, 5) is 45.1. The normalized spacial score (nSPS) is 17.3. The van der Waals surface area contributed by atoms with Crippen molar-refractivity contribution in [3.05, 3.63) is 59.2 Å². The molecule has 2 aromatic carbocycles. The number of hydrogen-bond donors (Lipinski definition) is 1. The summed E-state index contributed by atoms with van der Waals surface area (Å²) in [5.41, 5.74) is 3.50. The van der Waals surface area contributed by atoms with Crippen LogP contribution in [0.15, 0.2) is 42.5 Å². The fourth-order valence-corrected chi connectivity index (χ4v) is 4.82. The van der Waals surface area contributed by atoms with Crippen molar-refractivity contribution in [2.75, 3.05) is 55.5 Å². The van der Waals surface area contributed by atoms with E-state index in [0.29, 0.717) is 29.0 Å². The van der Waals surface area contributed by atoms with Gasteiger partial charge in [0.1, 0.15) is 6.04 Å². The van der Waals surface area contributed by atoms with Gasteiger partial charge in [-0.3, -0.25) is 19.3 Å². The first-order valence-electron chi connectivity index (χ1n) is 11.2. The molecule has 7 nitrogen and oxygen atoms in total. The third-order valence-electron chi connectivity index (χ3n) is 6.37. The number of aryl methyl sites for hydroxylation is 1. The zero-order chi connectivity index (χ0) is 23.5. The molecule has 2 aliphatic rings. The van der Waals surface area contributed by atoms with Crippen LogP contribution in [0.3, 0.4) is 0 Å². The number of carbonyl (C=O) groups is 3. The highest BCUT2D eigenvalue weighted by Crippen LogP contribution is 2.28. The lowest BCUT2D eigenvalue weighted by Crippen LogP contribution is -2.47. The largest absolute Gasteiger partial charge is 0.369 e. The maximum absolute atomic E-state index is 13.3. The van der Waals surface area contributed by atoms with E-state index in [4.69, 9.17) is 0 Å². The van der Waals surface area contributed by atoms with Gasteiger partial charge in [-0.2, -0.15) is 11.8 Å². The minimum Gasteiger partial charge on any atom is -0.369 e. The summed E-state index contributed by atoms with van der Waals surface area (Å²) in [5.74, 6) is -0.487. The van der Waals surface area contributed by atoms with Gasteiger partial charge in [-0.05, 0) is 68.3 Å². The van der Waals surface area contributed by atoms with E-state index in [0.717, 1.165) is 42.3 Å². The Morgan fingerprint density at radius 2 is 1.67 bits per heavy atom. The second-order valence-electron chi connectivity index (χ2n) is 8.60. The third-order valence-corrected chi connectivity index (χ3v) is 7.02. The monoisotopic (exact) mass is 466 g/mol. The van der Waals surface area contributed by atoms with Gasteiger partial charge in [0.25, 0.3) is 11.8 Å². The van der Waals surface area contributed by atoms with Gasteiger partial charge < -0.3 is 15.1 Å². The molecule has 1 atom stereocenters. The maximum Gasteiger partial charge on any atom is 0.262 e. The van der Waals surface area contributed by atoms with Crippen molar-refractivity contribution in [3.8, 4) is 0 Å². The summed E-state index contributed by atoms with van der Waals surface area (Å²) in [7, 11) is 2.13. The van der Waals surface area contributed by atoms with Crippen LogP contribution in [0, 0.1) is 6.92 Å². The first-order valence-corrected chi connectivity index (χ1v) is 12.6. The minimum absolute atomic E-state index is 0.339. The van der Waals surface area contributed by atoms with Crippen LogP contribution in [0.2, 0.25) is 0 Å². The Kier molecular flexibility index (Phi) is 7.05. The Morgan fingerprint density at radius 1 is 1.03 bits per heavy atom. The Morgan fingerprint density at radius 3 is 2.24 bits per heavy atom. The molecule has 3 amide bonds. The van der Waals surface area contributed by atoms with Crippen LogP contribution in [0.5, 0.6) is 0 Å². The predicted octanol–water partition coefficient (Wildman–Crippen LogP) is 3.10. The van der Waals surface area contributed by atoms with Gasteiger partial charge in [-0.1, -0.05) is 12.1 Å². The second kappa shape index (κ2) is 9.97. The number of likely N-dealkylation sites (N-methyl/N-ethyl adjacent to an activating group) is 1. The fourth-order valence-electron chi connectivity index (χ4n) is 4.36. The molecule has 2 aliphatic heterocycles. The summed E-state index contributed by atoms with van der Waals surface area (Å²) < 4.78 is 0. The number of amides is 3. The summed E-state index contributed by atoms with van der Waals surface area (Å²) in [6, 6.07) is 11.9. The topological polar surface area (TPSA) is 73.0 Å². The number of carbonyl (C=O) groups excluding carboxylic acids is 3. The standard InChI is InChI=1S/C25H30N4O3S/c1-17-16-18(28-13-11-27(2)12-14-28)8-9-21(17)26-23(30)22(10-15-33-3)29-24(31)19-6-4-5-7-20(19)25(29)32/h4-9,16,22H,10-15H2,1-3H3,(H,26,30). The van der Waals surface area contributed by atoms with Crippen LogP contribution < -0.4 is 10.2 Å². The smallest absolute Gasteiger partial charge is 0.262 e. The molecule has 0 saturated carbocycles. The SMILES string of the molecule is CSCCC(C(=O)Nc1ccc(N2CCN(C)CC2)cc1C)N1C(=O)c2ccccc2C1=O. The number of piperazine rings is 1. The number of benzene rings is 2. The molecule has 0 radical (unpaired) electrons. The van der Waals surface area contributed by atoms with Gasteiger partial charge in [0.15, 0.2) is 0 Å². The zero-order valence-electron chi connectivity index (χ0n) is 19.3. The molecule has 0 bridgehead atoms. The van der Waals surface area contributed by atoms with Crippen LogP contribution in [-0.2, 0) is 4.79 Å². The van der Waals surface area contributed by atoms with Crippen molar-refractivity contribution in [1.82, 2.24) is 9.80 Å². The van der Waals surface area contributed by atoms with E-state index in [-0.39, 0.29) is 5.91 Å². The highest BCUT2D eigenvalue weighted by Gasteiger charge is 2.42. The molecule has 1 saturated heterocycles. The first kappa shape index (κ1) is 23.3. The number of imide groups is 1. The first-order chi connectivity index (χ1) is 15.9. The number of rotatable bonds is 7. The maximum atomic E-state index is 13.3. The quantitative estimate of drug-likeness (QED) is 0.633. The predicted molar refractivity (Wildman–Crippen MR) is 133 cm³/mol. The molecule has 2 heterocycles. The third kappa shape index (κ3) is 4.77. The minimum atomic E-state index is -0.860. The van der Waals surface area contributed by atoms with Gasteiger partial charge in [-0.25, -0.2) is 0 Å². The molecular weight excluding hydrogens is 436 g/mol. The lowest BCUT2D eigenvalue weighted by molar-refractivity contribution is -0.120. The van der Waals surface area contributed by atoms with Gasteiger partial charge >= 0.3 is 0 Å². The van der Waals surface area contributed by atoms with E-state index in [1.165, 1.54) is 0 Å². The van der Waals surface area contributed by atoms with Crippen molar-refractivity contribution >= 4 is 40.9 Å². The van der Waals surface area contributed by atoms with E-state index >= 15 is 0 Å². The molecule has 8 heteroatoms. The average molecular weight is 467 g/mol. The number of hydrogen-bond acceptors (Lipinski definition) is 6.